The smallest absolute Gasteiger partial charge is 0.129 e. The molecule has 24 heavy (non-hydrogen) atoms. The molecule has 2 N–H and O–H groups in total. The molecule has 5 heteroatoms. The van der Waals surface area contributed by atoms with Crippen molar-refractivity contribution in [2.24, 2.45) is 5.73 Å². The summed E-state index contributed by atoms with van der Waals surface area (Å²) in [4.78, 5) is 4.70. The van der Waals surface area contributed by atoms with Crippen LogP contribution in [0.1, 0.15) is 17.2 Å². The van der Waals surface area contributed by atoms with Crippen molar-refractivity contribution in [2.45, 2.75) is 12.6 Å². The number of rotatable bonds is 5. The highest BCUT2D eigenvalue weighted by Crippen LogP contribution is 2.26. The molecule has 1 atom stereocenters. The average molecular weight is 348 g/mol. The summed E-state index contributed by atoms with van der Waals surface area (Å²) in [6.45, 7) is 5.04. The Morgan fingerprint density at radius 1 is 1.04 bits per heavy atom. The van der Waals surface area contributed by atoms with Crippen LogP contribution in [-0.2, 0) is 6.54 Å². The quantitative estimate of drug-likeness (QED) is 0.900. The van der Waals surface area contributed by atoms with Gasteiger partial charge in [0.05, 0.1) is 6.04 Å². The Kier molecular flexibility index (Phi) is 5.85. The van der Waals surface area contributed by atoms with E-state index in [0.717, 1.165) is 32.7 Å². The van der Waals surface area contributed by atoms with E-state index in [0.29, 0.717) is 17.1 Å². The van der Waals surface area contributed by atoms with Crippen molar-refractivity contribution in [3.05, 3.63) is 70.5 Å². The summed E-state index contributed by atoms with van der Waals surface area (Å²) >= 11 is 5.86. The Bertz CT molecular complexity index is 657. The average Bonchev–Trinajstić information content (AvgIpc) is 2.60. The minimum absolute atomic E-state index is 0.0962. The summed E-state index contributed by atoms with van der Waals surface area (Å²) in [5.41, 5.74) is 7.91. The van der Waals surface area contributed by atoms with Crippen LogP contribution in [0, 0.1) is 5.82 Å². The van der Waals surface area contributed by atoms with Crippen molar-refractivity contribution in [1.29, 1.82) is 0 Å². The molecule has 0 aliphatic carbocycles. The van der Waals surface area contributed by atoms with Gasteiger partial charge in [-0.2, -0.15) is 0 Å². The third-order valence-electron chi connectivity index (χ3n) is 4.64. The molecule has 2 aromatic rings. The molecule has 1 aliphatic rings. The van der Waals surface area contributed by atoms with Gasteiger partial charge in [0.25, 0.3) is 0 Å². The van der Waals surface area contributed by atoms with Crippen LogP contribution in [0.3, 0.4) is 0 Å². The zero-order valence-electron chi connectivity index (χ0n) is 13.7. The summed E-state index contributed by atoms with van der Waals surface area (Å²) in [6.07, 6.45) is 0. The molecular weight excluding hydrogens is 325 g/mol. The molecule has 3 nitrogen and oxygen atoms in total. The number of hydrogen-bond donors (Lipinski definition) is 1. The zero-order valence-corrected chi connectivity index (χ0v) is 14.4. The second-order valence-corrected chi connectivity index (χ2v) is 6.65. The fourth-order valence-corrected chi connectivity index (χ4v) is 3.48. The van der Waals surface area contributed by atoms with E-state index in [1.54, 1.807) is 12.1 Å². The van der Waals surface area contributed by atoms with Gasteiger partial charge in [-0.1, -0.05) is 48.0 Å². The largest absolute Gasteiger partial charge is 0.329 e. The van der Waals surface area contributed by atoms with Crippen molar-refractivity contribution in [1.82, 2.24) is 9.80 Å². The van der Waals surface area contributed by atoms with Gasteiger partial charge in [-0.25, -0.2) is 4.39 Å². The maximum absolute atomic E-state index is 14.2. The Labute approximate surface area is 147 Å². The Hall–Kier alpha value is -1.46. The van der Waals surface area contributed by atoms with Crippen molar-refractivity contribution < 1.29 is 4.39 Å². The fourth-order valence-electron chi connectivity index (χ4n) is 3.32. The molecule has 0 radical (unpaired) electrons. The summed E-state index contributed by atoms with van der Waals surface area (Å²) in [7, 11) is 0. The second-order valence-electron chi connectivity index (χ2n) is 6.22. The minimum atomic E-state index is -0.273. The number of benzene rings is 2. The molecule has 1 heterocycles. The lowest BCUT2D eigenvalue weighted by Crippen LogP contribution is -2.48. The fraction of sp³-hybridized carbons (Fsp3) is 0.368. The number of nitrogens with two attached hydrogens (primary N) is 1. The summed E-state index contributed by atoms with van der Waals surface area (Å²) < 4.78 is 14.2. The van der Waals surface area contributed by atoms with E-state index < -0.39 is 0 Å². The van der Waals surface area contributed by atoms with Crippen LogP contribution in [0.2, 0.25) is 5.02 Å². The lowest BCUT2D eigenvalue weighted by molar-refractivity contribution is 0.0928. The first-order chi connectivity index (χ1) is 11.7. The maximum Gasteiger partial charge on any atom is 0.129 e. The van der Waals surface area contributed by atoms with E-state index in [2.05, 4.69) is 34.1 Å². The summed E-state index contributed by atoms with van der Waals surface area (Å²) in [5, 5.41) is 0.416. The van der Waals surface area contributed by atoms with Gasteiger partial charge in [-0.05, 0) is 17.7 Å². The number of nitrogens with zero attached hydrogens (tertiary/aromatic N) is 2. The topological polar surface area (TPSA) is 32.5 Å². The van der Waals surface area contributed by atoms with Crippen LogP contribution < -0.4 is 5.73 Å². The lowest BCUT2D eigenvalue weighted by atomic mass is 10.0. The highest BCUT2D eigenvalue weighted by atomic mass is 35.5. The van der Waals surface area contributed by atoms with Gasteiger partial charge in [0, 0.05) is 49.9 Å². The molecule has 0 amide bonds. The van der Waals surface area contributed by atoms with Crippen molar-refractivity contribution in [3.8, 4) is 0 Å². The second kappa shape index (κ2) is 8.08. The van der Waals surface area contributed by atoms with Crippen molar-refractivity contribution >= 4 is 11.6 Å². The normalized spacial score (nSPS) is 17.8. The predicted molar refractivity (Wildman–Crippen MR) is 96.5 cm³/mol. The van der Waals surface area contributed by atoms with Crippen LogP contribution in [0.25, 0.3) is 0 Å². The van der Waals surface area contributed by atoms with E-state index in [4.69, 9.17) is 17.3 Å². The molecule has 0 bridgehead atoms. The molecular formula is C19H23ClFN3. The van der Waals surface area contributed by atoms with Gasteiger partial charge in [0.1, 0.15) is 5.82 Å². The number of halogens is 2. The van der Waals surface area contributed by atoms with Gasteiger partial charge in [-0.15, -0.1) is 0 Å². The number of hydrogen-bond acceptors (Lipinski definition) is 3. The van der Waals surface area contributed by atoms with E-state index in [9.17, 15) is 4.39 Å². The molecule has 0 aromatic heterocycles. The monoisotopic (exact) mass is 347 g/mol. The first-order valence-corrected chi connectivity index (χ1v) is 8.70. The molecule has 0 saturated carbocycles. The van der Waals surface area contributed by atoms with Crippen molar-refractivity contribution in [2.75, 3.05) is 32.7 Å². The van der Waals surface area contributed by atoms with Gasteiger partial charge in [-0.3, -0.25) is 9.80 Å². The van der Waals surface area contributed by atoms with Gasteiger partial charge < -0.3 is 5.73 Å². The molecule has 2 aromatic carbocycles. The molecule has 0 spiro atoms. The van der Waals surface area contributed by atoms with Crippen LogP contribution in [0.15, 0.2) is 48.5 Å². The van der Waals surface area contributed by atoms with Gasteiger partial charge >= 0.3 is 0 Å². The zero-order chi connectivity index (χ0) is 16.9. The molecule has 3 rings (SSSR count). The van der Waals surface area contributed by atoms with Gasteiger partial charge in [0.2, 0.25) is 0 Å². The highest BCUT2D eigenvalue weighted by molar-refractivity contribution is 6.30. The highest BCUT2D eigenvalue weighted by Gasteiger charge is 2.26. The molecule has 1 saturated heterocycles. The van der Waals surface area contributed by atoms with Crippen molar-refractivity contribution in [3.63, 3.8) is 0 Å². The first-order valence-electron chi connectivity index (χ1n) is 8.32. The SMILES string of the molecule is NCC(c1ccc(Cl)cc1F)N1CCN(Cc2ccccc2)CC1. The maximum atomic E-state index is 14.2. The molecule has 128 valence electrons. The van der Waals surface area contributed by atoms with Crippen LogP contribution >= 0.6 is 11.6 Å². The summed E-state index contributed by atoms with van der Waals surface area (Å²) in [6, 6.07) is 15.2. The van der Waals surface area contributed by atoms with Crippen LogP contribution in [-0.4, -0.2) is 42.5 Å². The van der Waals surface area contributed by atoms with Crippen LogP contribution in [0.5, 0.6) is 0 Å². The van der Waals surface area contributed by atoms with E-state index in [1.165, 1.54) is 11.6 Å². The standard InChI is InChI=1S/C19H23ClFN3/c20-16-6-7-17(18(21)12-16)19(13-22)24-10-8-23(9-11-24)14-15-4-2-1-3-5-15/h1-7,12,19H,8-11,13-14,22H2. The minimum Gasteiger partial charge on any atom is -0.329 e. The summed E-state index contributed by atoms with van der Waals surface area (Å²) in [5.74, 6) is -0.273. The van der Waals surface area contributed by atoms with E-state index in [-0.39, 0.29) is 11.9 Å². The third kappa shape index (κ3) is 4.14. The first kappa shape index (κ1) is 17.4. The third-order valence-corrected chi connectivity index (χ3v) is 4.88. The number of piperazine rings is 1. The van der Waals surface area contributed by atoms with E-state index in [1.807, 2.05) is 6.07 Å². The molecule has 1 unspecified atom stereocenters. The van der Waals surface area contributed by atoms with Crippen LogP contribution in [0.4, 0.5) is 4.39 Å². The Balaban J connectivity index is 1.62. The van der Waals surface area contributed by atoms with E-state index >= 15 is 0 Å². The Morgan fingerprint density at radius 3 is 2.38 bits per heavy atom. The predicted octanol–water partition coefficient (Wildman–Crippen LogP) is 3.30. The molecule has 1 fully saturated rings. The molecule has 1 aliphatic heterocycles. The van der Waals surface area contributed by atoms with Gasteiger partial charge in [0.15, 0.2) is 0 Å². The lowest BCUT2D eigenvalue weighted by Gasteiger charge is -2.39. The Morgan fingerprint density at radius 2 is 1.75 bits per heavy atom.